The van der Waals surface area contributed by atoms with Gasteiger partial charge in [-0.2, -0.15) is 0 Å². The molecule has 1 nitrogen and oxygen atoms in total. The fraction of sp³-hybridized carbons (Fsp3) is 0. The topological polar surface area (TPSA) is 17.1 Å². The molecule has 1 aromatic carbocycles. The van der Waals surface area contributed by atoms with Crippen LogP contribution in [0.2, 0.25) is 5.02 Å². The second-order valence-electron chi connectivity index (χ2n) is 3.18. The highest BCUT2D eigenvalue weighted by Crippen LogP contribution is 2.34. The van der Waals surface area contributed by atoms with Crippen LogP contribution in [0.4, 0.5) is 0 Å². The first-order chi connectivity index (χ1) is 8.00. The third-order valence-electron chi connectivity index (χ3n) is 2.08. The molecule has 0 amide bonds. The Morgan fingerprint density at radius 2 is 1.88 bits per heavy atom. The van der Waals surface area contributed by atoms with Crippen LogP contribution in [-0.2, 0) is 0 Å². The molecule has 2 rings (SSSR count). The molecule has 0 aliphatic heterocycles. The summed E-state index contributed by atoms with van der Waals surface area (Å²) in [5.41, 5.74) is 0.608. The van der Waals surface area contributed by atoms with Gasteiger partial charge in [-0.05, 0) is 66.0 Å². The zero-order valence-corrected chi connectivity index (χ0v) is 14.5. The first kappa shape index (κ1) is 13.7. The van der Waals surface area contributed by atoms with Crippen molar-refractivity contribution in [2.45, 2.75) is 0 Å². The summed E-state index contributed by atoms with van der Waals surface area (Å²) in [4.78, 5) is 12.9. The third kappa shape index (κ3) is 2.84. The van der Waals surface area contributed by atoms with Gasteiger partial charge in [0.05, 0.1) is 14.4 Å². The number of benzene rings is 1. The fourth-order valence-electron chi connectivity index (χ4n) is 1.24. The second-order valence-corrected chi connectivity index (χ2v) is 6.97. The van der Waals surface area contributed by atoms with E-state index in [9.17, 15) is 4.79 Å². The standard InChI is InChI=1S/C11H4Br3ClOS/c12-6-3-5(1-2-8(6)15)10(16)11-9(14)7(13)4-17-11/h1-4H. The first-order valence-electron chi connectivity index (χ1n) is 4.43. The third-order valence-corrected chi connectivity index (χ3v) is 6.82. The van der Waals surface area contributed by atoms with Crippen LogP contribution in [0.25, 0.3) is 0 Å². The van der Waals surface area contributed by atoms with Gasteiger partial charge in [0.2, 0.25) is 5.78 Å². The minimum atomic E-state index is -0.0232. The van der Waals surface area contributed by atoms with Crippen molar-refractivity contribution in [3.63, 3.8) is 0 Å². The summed E-state index contributed by atoms with van der Waals surface area (Å²) in [5.74, 6) is -0.0232. The molecule has 1 aromatic heterocycles. The van der Waals surface area contributed by atoms with Gasteiger partial charge in [0, 0.05) is 19.9 Å². The number of hydrogen-bond acceptors (Lipinski definition) is 2. The molecule has 0 spiro atoms. The molecule has 0 N–H and O–H groups in total. The van der Waals surface area contributed by atoms with Crippen molar-refractivity contribution in [3.05, 3.63) is 52.5 Å². The molecular weight excluding hydrogens is 455 g/mol. The monoisotopic (exact) mass is 456 g/mol. The molecule has 0 unspecified atom stereocenters. The quantitative estimate of drug-likeness (QED) is 0.510. The highest BCUT2D eigenvalue weighted by Gasteiger charge is 2.17. The lowest BCUT2D eigenvalue weighted by molar-refractivity contribution is 0.104. The summed E-state index contributed by atoms with van der Waals surface area (Å²) in [6.45, 7) is 0. The van der Waals surface area contributed by atoms with Gasteiger partial charge in [0.25, 0.3) is 0 Å². The van der Waals surface area contributed by atoms with Crippen molar-refractivity contribution >= 4 is 76.5 Å². The molecule has 0 radical (unpaired) electrons. The predicted molar refractivity (Wildman–Crippen MR) is 82.3 cm³/mol. The SMILES string of the molecule is O=C(c1ccc(Cl)c(Br)c1)c1scc(Br)c1Br. The van der Waals surface area contributed by atoms with E-state index in [2.05, 4.69) is 47.8 Å². The summed E-state index contributed by atoms with van der Waals surface area (Å²) in [5, 5.41) is 2.47. The Hall–Kier alpha value is 0.320. The van der Waals surface area contributed by atoms with Gasteiger partial charge in [-0.3, -0.25) is 4.79 Å². The number of halogens is 4. The van der Waals surface area contributed by atoms with Crippen LogP contribution in [-0.4, -0.2) is 5.78 Å². The number of thiophene rings is 1. The van der Waals surface area contributed by atoms with Gasteiger partial charge < -0.3 is 0 Å². The van der Waals surface area contributed by atoms with Crippen LogP contribution in [0, 0.1) is 0 Å². The molecule has 2 aromatic rings. The smallest absolute Gasteiger partial charge is 0.204 e. The zero-order valence-electron chi connectivity index (χ0n) is 8.14. The Morgan fingerprint density at radius 1 is 1.18 bits per heavy atom. The van der Waals surface area contributed by atoms with Gasteiger partial charge in [-0.25, -0.2) is 0 Å². The lowest BCUT2D eigenvalue weighted by atomic mass is 10.1. The Kier molecular flexibility index (Phi) is 4.47. The summed E-state index contributed by atoms with van der Waals surface area (Å²) >= 11 is 17.4. The highest BCUT2D eigenvalue weighted by molar-refractivity contribution is 9.13. The maximum atomic E-state index is 12.2. The van der Waals surface area contributed by atoms with E-state index < -0.39 is 0 Å². The normalized spacial score (nSPS) is 10.6. The van der Waals surface area contributed by atoms with Gasteiger partial charge in [-0.1, -0.05) is 11.6 Å². The molecule has 0 aliphatic rings. The second kappa shape index (κ2) is 5.53. The molecule has 88 valence electrons. The number of ketones is 1. The number of rotatable bonds is 2. The van der Waals surface area contributed by atoms with E-state index in [0.29, 0.717) is 15.5 Å². The van der Waals surface area contributed by atoms with E-state index in [0.717, 1.165) is 13.4 Å². The Morgan fingerprint density at radius 3 is 2.41 bits per heavy atom. The molecular formula is C11H4Br3ClOS. The molecule has 1 heterocycles. The molecule has 0 aliphatic carbocycles. The van der Waals surface area contributed by atoms with Crippen molar-refractivity contribution in [3.8, 4) is 0 Å². The van der Waals surface area contributed by atoms with Gasteiger partial charge in [0.15, 0.2) is 0 Å². The van der Waals surface area contributed by atoms with E-state index >= 15 is 0 Å². The van der Waals surface area contributed by atoms with Crippen molar-refractivity contribution in [1.82, 2.24) is 0 Å². The van der Waals surface area contributed by atoms with Gasteiger partial charge in [-0.15, -0.1) is 11.3 Å². The predicted octanol–water partition coefficient (Wildman–Crippen LogP) is 5.92. The summed E-state index contributed by atoms with van der Waals surface area (Å²) < 4.78 is 2.40. The summed E-state index contributed by atoms with van der Waals surface area (Å²) in [6.07, 6.45) is 0. The van der Waals surface area contributed by atoms with Gasteiger partial charge in [0.1, 0.15) is 0 Å². The van der Waals surface area contributed by atoms with Crippen molar-refractivity contribution in [2.75, 3.05) is 0 Å². The van der Waals surface area contributed by atoms with E-state index in [1.54, 1.807) is 18.2 Å². The molecule has 0 saturated heterocycles. The lowest BCUT2D eigenvalue weighted by Gasteiger charge is -2.01. The molecule has 0 fully saturated rings. The lowest BCUT2D eigenvalue weighted by Crippen LogP contribution is -1.99. The van der Waals surface area contributed by atoms with E-state index in [1.807, 2.05) is 5.38 Å². The van der Waals surface area contributed by atoms with Crippen LogP contribution < -0.4 is 0 Å². The van der Waals surface area contributed by atoms with E-state index in [1.165, 1.54) is 11.3 Å². The minimum Gasteiger partial charge on any atom is -0.288 e. The Labute approximate surface area is 133 Å². The fourth-order valence-corrected chi connectivity index (χ4v) is 3.85. The van der Waals surface area contributed by atoms with Crippen LogP contribution in [0.5, 0.6) is 0 Å². The molecule has 0 atom stereocenters. The maximum Gasteiger partial charge on any atom is 0.204 e. The van der Waals surface area contributed by atoms with Crippen molar-refractivity contribution < 1.29 is 4.79 Å². The first-order valence-corrected chi connectivity index (χ1v) is 8.06. The Balaban J connectivity index is 2.44. The van der Waals surface area contributed by atoms with Crippen molar-refractivity contribution in [2.24, 2.45) is 0 Å². The van der Waals surface area contributed by atoms with E-state index in [-0.39, 0.29) is 5.78 Å². The molecule has 17 heavy (non-hydrogen) atoms. The molecule has 0 saturated carbocycles. The minimum absolute atomic E-state index is 0.0232. The van der Waals surface area contributed by atoms with Crippen LogP contribution >= 0.6 is 70.7 Å². The average molecular weight is 459 g/mol. The van der Waals surface area contributed by atoms with Crippen LogP contribution in [0.3, 0.4) is 0 Å². The van der Waals surface area contributed by atoms with Crippen LogP contribution in [0.15, 0.2) is 37.0 Å². The number of hydrogen-bond donors (Lipinski definition) is 0. The number of carbonyl (C=O) groups is 1. The van der Waals surface area contributed by atoms with E-state index in [4.69, 9.17) is 11.6 Å². The molecule has 0 bridgehead atoms. The Bertz CT molecular complexity index is 594. The average Bonchev–Trinajstić information content (AvgIpc) is 2.63. The zero-order chi connectivity index (χ0) is 12.6. The maximum absolute atomic E-state index is 12.2. The van der Waals surface area contributed by atoms with Gasteiger partial charge >= 0.3 is 0 Å². The number of carbonyl (C=O) groups excluding carboxylic acids is 1. The summed E-state index contributed by atoms with van der Waals surface area (Å²) in [6, 6.07) is 5.15. The molecule has 6 heteroatoms. The summed E-state index contributed by atoms with van der Waals surface area (Å²) in [7, 11) is 0. The largest absolute Gasteiger partial charge is 0.288 e. The van der Waals surface area contributed by atoms with Crippen molar-refractivity contribution in [1.29, 1.82) is 0 Å². The van der Waals surface area contributed by atoms with Crippen LogP contribution in [0.1, 0.15) is 15.2 Å². The highest BCUT2D eigenvalue weighted by atomic mass is 79.9.